The van der Waals surface area contributed by atoms with Gasteiger partial charge in [-0.1, -0.05) is 28.9 Å². The Bertz CT molecular complexity index is 703. The van der Waals surface area contributed by atoms with Crippen LogP contribution in [0.15, 0.2) is 18.2 Å². The van der Waals surface area contributed by atoms with Gasteiger partial charge in [-0.25, -0.2) is 0 Å². The highest BCUT2D eigenvalue weighted by atomic mass is 79.9. The molecule has 0 bridgehead atoms. The predicted octanol–water partition coefficient (Wildman–Crippen LogP) is 4.49. The van der Waals surface area contributed by atoms with Crippen molar-refractivity contribution in [1.82, 2.24) is 0 Å². The van der Waals surface area contributed by atoms with E-state index >= 15 is 0 Å². The smallest absolute Gasteiger partial charge is 0.152 e. The Kier molecular flexibility index (Phi) is 4.94. The molecular formula is C22H29BrO3. The van der Waals surface area contributed by atoms with Crippen molar-refractivity contribution in [3.63, 3.8) is 0 Å². The van der Waals surface area contributed by atoms with E-state index in [9.17, 15) is 9.90 Å². The van der Waals surface area contributed by atoms with Gasteiger partial charge in [-0.2, -0.15) is 0 Å². The number of aliphatic hydroxyl groups is 1. The Morgan fingerprint density at radius 3 is 2.92 bits per heavy atom. The fourth-order valence-electron chi connectivity index (χ4n) is 6.28. The number of fused-ring (bicyclic) bond motifs is 5. The minimum absolute atomic E-state index is 0.0204. The number of rotatable bonds is 4. The van der Waals surface area contributed by atoms with Crippen LogP contribution in [0.25, 0.3) is 0 Å². The third kappa shape index (κ3) is 2.75. The third-order valence-electron chi connectivity index (χ3n) is 7.54. The van der Waals surface area contributed by atoms with Crippen LogP contribution in [0.1, 0.15) is 56.1 Å². The van der Waals surface area contributed by atoms with Gasteiger partial charge in [0, 0.05) is 12.0 Å². The van der Waals surface area contributed by atoms with Gasteiger partial charge in [0.1, 0.15) is 5.75 Å². The highest BCUT2D eigenvalue weighted by Crippen LogP contribution is 2.62. The molecular weight excluding hydrogens is 392 g/mol. The topological polar surface area (TPSA) is 46.5 Å². The van der Waals surface area contributed by atoms with Crippen molar-refractivity contribution < 1.29 is 14.6 Å². The van der Waals surface area contributed by atoms with Gasteiger partial charge in [0.05, 0.1) is 11.9 Å². The van der Waals surface area contributed by atoms with E-state index in [2.05, 4.69) is 41.1 Å². The molecule has 0 amide bonds. The fourth-order valence-corrected chi connectivity index (χ4v) is 7.21. The van der Waals surface area contributed by atoms with Gasteiger partial charge in [-0.05, 0) is 85.5 Å². The average molecular weight is 421 g/mol. The van der Waals surface area contributed by atoms with Crippen LogP contribution in [-0.2, 0) is 11.2 Å². The monoisotopic (exact) mass is 420 g/mol. The molecule has 0 aromatic heterocycles. The first-order chi connectivity index (χ1) is 12.5. The normalized spacial score (nSPS) is 38.5. The molecule has 2 fully saturated rings. The summed E-state index contributed by atoms with van der Waals surface area (Å²) in [5.74, 6) is 3.44. The van der Waals surface area contributed by atoms with Gasteiger partial charge in [-0.3, -0.25) is 4.79 Å². The minimum atomic E-state index is -0.170. The quantitative estimate of drug-likeness (QED) is 0.729. The number of benzene rings is 1. The van der Waals surface area contributed by atoms with E-state index in [4.69, 9.17) is 4.74 Å². The van der Waals surface area contributed by atoms with Gasteiger partial charge in [-0.15, -0.1) is 0 Å². The molecule has 0 aliphatic heterocycles. The van der Waals surface area contributed by atoms with E-state index in [1.165, 1.54) is 11.1 Å². The minimum Gasteiger partial charge on any atom is -0.497 e. The molecule has 0 saturated heterocycles. The lowest BCUT2D eigenvalue weighted by molar-refractivity contribution is -0.129. The lowest BCUT2D eigenvalue weighted by Crippen LogP contribution is -2.46. The van der Waals surface area contributed by atoms with Crippen molar-refractivity contribution in [1.29, 1.82) is 0 Å². The molecule has 0 radical (unpaired) electrons. The van der Waals surface area contributed by atoms with Crippen molar-refractivity contribution in [2.45, 2.75) is 56.2 Å². The summed E-state index contributed by atoms with van der Waals surface area (Å²) < 4.78 is 5.46. The maximum Gasteiger partial charge on any atom is 0.152 e. The van der Waals surface area contributed by atoms with Crippen molar-refractivity contribution in [3.8, 4) is 5.75 Å². The summed E-state index contributed by atoms with van der Waals surface area (Å²) in [6, 6.07) is 6.56. The summed E-state index contributed by atoms with van der Waals surface area (Å²) in [7, 11) is 1.73. The fraction of sp³-hybridized carbons (Fsp3) is 0.682. The molecule has 1 N–H and O–H groups in total. The summed E-state index contributed by atoms with van der Waals surface area (Å²) in [6.07, 6.45) is 6.00. The van der Waals surface area contributed by atoms with Gasteiger partial charge in [0.15, 0.2) is 5.78 Å². The van der Waals surface area contributed by atoms with Crippen LogP contribution >= 0.6 is 15.9 Å². The van der Waals surface area contributed by atoms with Gasteiger partial charge in [0.2, 0.25) is 0 Å². The molecule has 0 unspecified atom stereocenters. The van der Waals surface area contributed by atoms with Gasteiger partial charge in [0.25, 0.3) is 0 Å². The van der Waals surface area contributed by atoms with Crippen LogP contribution < -0.4 is 4.74 Å². The number of alkyl halides is 1. The van der Waals surface area contributed by atoms with Crippen LogP contribution in [0, 0.1) is 23.2 Å². The Labute approximate surface area is 164 Å². The summed E-state index contributed by atoms with van der Waals surface area (Å²) in [4.78, 5) is 12.9. The number of hydrogen-bond acceptors (Lipinski definition) is 3. The standard InChI is InChI=1S/C22H29BrO3/c1-22-8-7-17-16-6-5-15(26-2)11-14(16)10-13(4-3-9-24)20(17)18(22)12-19(23)21(22)25/h5-6,11,13,17-20,24H,3-4,7-10,12H2,1-2H3/t13-,17-,18+,19-,20-,22+/m1/s1. The van der Waals surface area contributed by atoms with Crippen molar-refractivity contribution in [2.75, 3.05) is 13.7 Å². The number of halogens is 1. The average Bonchev–Trinajstić information content (AvgIpc) is 2.89. The molecule has 3 nitrogen and oxygen atoms in total. The van der Waals surface area contributed by atoms with E-state index in [0.29, 0.717) is 29.5 Å². The van der Waals surface area contributed by atoms with E-state index in [0.717, 1.165) is 44.3 Å². The van der Waals surface area contributed by atoms with Crippen molar-refractivity contribution in [3.05, 3.63) is 29.3 Å². The van der Waals surface area contributed by atoms with E-state index in [-0.39, 0.29) is 16.8 Å². The summed E-state index contributed by atoms with van der Waals surface area (Å²) in [5, 5.41) is 9.41. The van der Waals surface area contributed by atoms with Gasteiger partial charge >= 0.3 is 0 Å². The number of aliphatic hydroxyl groups excluding tert-OH is 1. The molecule has 3 aliphatic rings. The lowest BCUT2D eigenvalue weighted by atomic mass is 9.52. The number of Topliss-reactive ketones (excluding diaryl/α,β-unsaturated/α-hetero) is 1. The highest BCUT2D eigenvalue weighted by molar-refractivity contribution is 9.10. The molecule has 1 aromatic rings. The predicted molar refractivity (Wildman–Crippen MR) is 106 cm³/mol. The summed E-state index contributed by atoms with van der Waals surface area (Å²) in [6.45, 7) is 2.46. The second-order valence-corrected chi connectivity index (χ2v) is 9.81. The summed E-state index contributed by atoms with van der Waals surface area (Å²) >= 11 is 3.66. The van der Waals surface area contributed by atoms with E-state index in [1.807, 2.05) is 0 Å². The molecule has 3 aliphatic carbocycles. The Morgan fingerprint density at radius 2 is 2.19 bits per heavy atom. The van der Waals surface area contributed by atoms with Crippen LogP contribution in [0.2, 0.25) is 0 Å². The number of carbonyl (C=O) groups excluding carboxylic acids is 1. The molecule has 0 spiro atoms. The molecule has 6 atom stereocenters. The van der Waals surface area contributed by atoms with Crippen LogP contribution in [0.5, 0.6) is 5.75 Å². The highest BCUT2D eigenvalue weighted by Gasteiger charge is 2.59. The second kappa shape index (κ2) is 6.94. The molecule has 0 heterocycles. The molecule has 4 heteroatoms. The zero-order chi connectivity index (χ0) is 18.5. The number of ketones is 1. The maximum atomic E-state index is 12.9. The number of carbonyl (C=O) groups is 1. The Morgan fingerprint density at radius 1 is 1.38 bits per heavy atom. The first-order valence-corrected chi connectivity index (χ1v) is 10.9. The zero-order valence-electron chi connectivity index (χ0n) is 15.7. The number of hydrogen-bond donors (Lipinski definition) is 1. The second-order valence-electron chi connectivity index (χ2n) is 8.71. The van der Waals surface area contributed by atoms with Crippen LogP contribution in [0.3, 0.4) is 0 Å². The van der Waals surface area contributed by atoms with Crippen LogP contribution in [0.4, 0.5) is 0 Å². The first-order valence-electron chi connectivity index (χ1n) is 9.95. The maximum absolute atomic E-state index is 12.9. The zero-order valence-corrected chi connectivity index (χ0v) is 17.3. The summed E-state index contributed by atoms with van der Waals surface area (Å²) in [5.41, 5.74) is 2.72. The van der Waals surface area contributed by atoms with Gasteiger partial charge < -0.3 is 9.84 Å². The lowest BCUT2D eigenvalue weighted by Gasteiger charge is -2.51. The van der Waals surface area contributed by atoms with Crippen molar-refractivity contribution in [2.24, 2.45) is 23.2 Å². The molecule has 2 saturated carbocycles. The SMILES string of the molecule is COc1ccc2c(c1)C[C@@H](CCCO)[C@@H]1[C@@H]2CC[C@]2(C)C(=O)[C@H](Br)C[C@@H]12. The Hall–Kier alpha value is -0.870. The van der Waals surface area contributed by atoms with E-state index < -0.39 is 0 Å². The molecule has 26 heavy (non-hydrogen) atoms. The van der Waals surface area contributed by atoms with Crippen LogP contribution in [-0.4, -0.2) is 29.4 Å². The Balaban J connectivity index is 1.74. The first kappa shape index (κ1) is 18.5. The molecule has 1 aromatic carbocycles. The largest absolute Gasteiger partial charge is 0.497 e. The molecule has 142 valence electrons. The third-order valence-corrected chi connectivity index (χ3v) is 8.33. The molecule has 4 rings (SSSR count). The number of methoxy groups -OCH3 is 1. The van der Waals surface area contributed by atoms with E-state index in [1.54, 1.807) is 7.11 Å². The van der Waals surface area contributed by atoms with Crippen molar-refractivity contribution >= 4 is 21.7 Å². The number of ether oxygens (including phenoxy) is 1.